The van der Waals surface area contributed by atoms with Gasteiger partial charge in [0.25, 0.3) is 0 Å². The fourth-order valence-corrected chi connectivity index (χ4v) is 3.87. The molecule has 186 valence electrons. The molecule has 1 heterocycles. The van der Waals surface area contributed by atoms with Crippen molar-refractivity contribution < 1.29 is 23.1 Å². The fourth-order valence-electron chi connectivity index (χ4n) is 3.87. The van der Waals surface area contributed by atoms with Gasteiger partial charge in [-0.05, 0) is 54.3 Å². The molecular formula is C27H25F3N4O2. The molecular weight excluding hydrogens is 469 g/mol. The number of benzene rings is 3. The number of nitriles is 1. The molecule has 9 heteroatoms. The quantitative estimate of drug-likeness (QED) is 0.345. The molecule has 3 N–H and O–H groups in total. The topological polar surface area (TPSA) is 105 Å². The van der Waals surface area contributed by atoms with Crippen LogP contribution in [0, 0.1) is 11.3 Å². The van der Waals surface area contributed by atoms with Crippen LogP contribution in [0.4, 0.5) is 13.2 Å². The van der Waals surface area contributed by atoms with E-state index < -0.39 is 12.1 Å². The molecule has 0 radical (unpaired) electrons. The number of alkyl halides is 3. The van der Waals surface area contributed by atoms with E-state index in [2.05, 4.69) is 59.8 Å². The van der Waals surface area contributed by atoms with Gasteiger partial charge in [0.05, 0.1) is 22.7 Å². The van der Waals surface area contributed by atoms with Crippen molar-refractivity contribution in [3.63, 3.8) is 0 Å². The Hall–Kier alpha value is -4.16. The van der Waals surface area contributed by atoms with Crippen LogP contribution in [0.2, 0.25) is 0 Å². The molecule has 0 unspecified atom stereocenters. The molecule has 0 saturated carbocycles. The van der Waals surface area contributed by atoms with Crippen molar-refractivity contribution in [3.05, 3.63) is 84.2 Å². The maximum Gasteiger partial charge on any atom is 0.490 e. The molecule has 4 aromatic rings. The second-order valence-electron chi connectivity index (χ2n) is 8.20. The summed E-state index contributed by atoms with van der Waals surface area (Å²) in [5.41, 5.74) is 12.9. The van der Waals surface area contributed by atoms with Gasteiger partial charge in [-0.25, -0.2) is 9.78 Å². The van der Waals surface area contributed by atoms with Crippen LogP contribution in [-0.4, -0.2) is 26.8 Å². The average molecular weight is 495 g/mol. The van der Waals surface area contributed by atoms with Gasteiger partial charge in [0, 0.05) is 16.8 Å². The number of aliphatic carboxylic acids is 1. The van der Waals surface area contributed by atoms with Gasteiger partial charge in [-0.15, -0.1) is 0 Å². The lowest BCUT2D eigenvalue weighted by molar-refractivity contribution is -0.192. The Kier molecular flexibility index (Phi) is 7.80. The first-order chi connectivity index (χ1) is 17.0. The van der Waals surface area contributed by atoms with E-state index in [1.54, 1.807) is 0 Å². The van der Waals surface area contributed by atoms with Crippen LogP contribution in [-0.2, 0) is 10.3 Å². The minimum absolute atomic E-state index is 0.359. The largest absolute Gasteiger partial charge is 0.490 e. The van der Waals surface area contributed by atoms with E-state index in [-0.39, 0.29) is 5.54 Å². The second kappa shape index (κ2) is 10.6. The van der Waals surface area contributed by atoms with Crippen molar-refractivity contribution in [2.24, 2.45) is 5.73 Å². The van der Waals surface area contributed by atoms with Gasteiger partial charge in [-0.1, -0.05) is 50.2 Å². The Balaban J connectivity index is 0.000000454. The van der Waals surface area contributed by atoms with Gasteiger partial charge in [0.15, 0.2) is 0 Å². The molecule has 0 bridgehead atoms. The maximum absolute atomic E-state index is 10.6. The summed E-state index contributed by atoms with van der Waals surface area (Å²) in [5, 5.41) is 16.7. The molecule has 1 aromatic heterocycles. The molecule has 0 amide bonds. The highest BCUT2D eigenvalue weighted by molar-refractivity contribution is 5.94. The van der Waals surface area contributed by atoms with Gasteiger partial charge in [-0.2, -0.15) is 18.4 Å². The summed E-state index contributed by atoms with van der Waals surface area (Å²) in [5.74, 6) is -2.76. The van der Waals surface area contributed by atoms with Crippen molar-refractivity contribution in [2.75, 3.05) is 0 Å². The highest BCUT2D eigenvalue weighted by atomic mass is 19.4. The van der Waals surface area contributed by atoms with Crippen molar-refractivity contribution in [1.29, 1.82) is 5.26 Å². The molecule has 6 nitrogen and oxygen atoms in total. The van der Waals surface area contributed by atoms with Crippen LogP contribution in [0.1, 0.15) is 37.8 Å². The second-order valence-corrected chi connectivity index (χ2v) is 8.20. The van der Waals surface area contributed by atoms with Crippen LogP contribution in [0.25, 0.3) is 27.8 Å². The molecule has 0 aliphatic carbocycles. The number of carboxylic acids is 1. The van der Waals surface area contributed by atoms with Gasteiger partial charge < -0.3 is 10.8 Å². The summed E-state index contributed by atoms with van der Waals surface area (Å²) in [7, 11) is 0. The van der Waals surface area contributed by atoms with E-state index in [0.717, 1.165) is 46.3 Å². The monoisotopic (exact) mass is 494 g/mol. The number of hydrogen-bond acceptors (Lipinski definition) is 4. The number of aromatic nitrogens is 2. The number of carbonyl (C=O) groups is 1. The molecule has 0 spiro atoms. The lowest BCUT2D eigenvalue weighted by Gasteiger charge is -2.28. The Bertz CT molecular complexity index is 1400. The van der Waals surface area contributed by atoms with E-state index >= 15 is 0 Å². The predicted molar refractivity (Wildman–Crippen MR) is 131 cm³/mol. The first kappa shape index (κ1) is 26.4. The zero-order valence-electron chi connectivity index (χ0n) is 19.8. The number of nitrogens with zero attached hydrogens (tertiary/aromatic N) is 3. The van der Waals surface area contributed by atoms with E-state index in [1.807, 2.05) is 42.7 Å². The number of nitrogens with two attached hydrogens (primary N) is 1. The van der Waals surface area contributed by atoms with E-state index in [9.17, 15) is 18.4 Å². The Morgan fingerprint density at radius 3 is 2.25 bits per heavy atom. The van der Waals surface area contributed by atoms with E-state index in [0.29, 0.717) is 5.56 Å². The molecule has 0 saturated heterocycles. The molecule has 0 fully saturated rings. The first-order valence-corrected chi connectivity index (χ1v) is 11.2. The summed E-state index contributed by atoms with van der Waals surface area (Å²) in [4.78, 5) is 13.5. The Labute approximate surface area is 206 Å². The summed E-state index contributed by atoms with van der Waals surface area (Å²) >= 11 is 0. The normalized spacial score (nSPS) is 11.5. The van der Waals surface area contributed by atoms with Crippen LogP contribution in [0.3, 0.4) is 0 Å². The summed E-state index contributed by atoms with van der Waals surface area (Å²) in [6.45, 7) is 4.24. The molecule has 0 atom stereocenters. The van der Waals surface area contributed by atoms with Crippen molar-refractivity contribution >= 4 is 17.0 Å². The molecule has 4 rings (SSSR count). The average Bonchev–Trinajstić information content (AvgIpc) is 3.32. The van der Waals surface area contributed by atoms with E-state index in [1.165, 1.54) is 0 Å². The van der Waals surface area contributed by atoms with Crippen molar-refractivity contribution in [3.8, 4) is 22.9 Å². The molecule has 0 aliphatic heterocycles. The van der Waals surface area contributed by atoms with Crippen LogP contribution in [0.15, 0.2) is 73.1 Å². The van der Waals surface area contributed by atoms with Gasteiger partial charge >= 0.3 is 12.1 Å². The fraction of sp³-hybridized carbons (Fsp3) is 0.222. The van der Waals surface area contributed by atoms with Crippen LogP contribution in [0.5, 0.6) is 0 Å². The minimum atomic E-state index is -5.08. The zero-order chi connectivity index (χ0) is 26.5. The lowest BCUT2D eigenvalue weighted by Crippen LogP contribution is -2.35. The number of fused-ring (bicyclic) bond motifs is 1. The van der Waals surface area contributed by atoms with E-state index in [4.69, 9.17) is 15.6 Å². The summed E-state index contributed by atoms with van der Waals surface area (Å²) in [6, 6.07) is 24.6. The van der Waals surface area contributed by atoms with Gasteiger partial charge in [-0.3, -0.25) is 4.57 Å². The SMILES string of the molecule is CCC(N)(CC)c1cccc(-c2cc(C#N)cc3ncn(-c4ccccc4)c23)c1.O=C(O)C(F)(F)F. The zero-order valence-corrected chi connectivity index (χ0v) is 19.8. The number of para-hydroxylation sites is 1. The third-order valence-electron chi connectivity index (χ3n) is 6.06. The Morgan fingerprint density at radius 2 is 1.69 bits per heavy atom. The standard InChI is InChI=1S/C25H24N4.C2HF3O2/c1-3-25(27,4-2)20-10-8-9-19(15-20)22-13-18(16-26)14-23-24(22)29(17-28-23)21-11-6-5-7-12-21;3-2(4,5)1(6)7/h5-15,17H,3-4,27H2,1-2H3;(H,6,7). The third-order valence-corrected chi connectivity index (χ3v) is 6.06. The van der Waals surface area contributed by atoms with Crippen molar-refractivity contribution in [2.45, 2.75) is 38.4 Å². The molecule has 36 heavy (non-hydrogen) atoms. The molecule has 0 aliphatic rings. The smallest absolute Gasteiger partial charge is 0.475 e. The lowest BCUT2D eigenvalue weighted by atomic mass is 9.84. The highest BCUT2D eigenvalue weighted by Crippen LogP contribution is 2.34. The summed E-state index contributed by atoms with van der Waals surface area (Å²) < 4.78 is 33.8. The highest BCUT2D eigenvalue weighted by Gasteiger charge is 2.38. The number of rotatable bonds is 5. The van der Waals surface area contributed by atoms with Crippen LogP contribution >= 0.6 is 0 Å². The number of halogens is 3. The Morgan fingerprint density at radius 1 is 1.06 bits per heavy atom. The molecule has 3 aromatic carbocycles. The first-order valence-electron chi connectivity index (χ1n) is 11.2. The predicted octanol–water partition coefficient (Wildman–Crippen LogP) is 6.17. The number of hydrogen-bond donors (Lipinski definition) is 2. The number of imidazole rings is 1. The minimum Gasteiger partial charge on any atom is -0.475 e. The number of carboxylic acid groups (broad SMARTS) is 1. The summed E-state index contributed by atoms with van der Waals surface area (Å²) in [6.07, 6.45) is -1.54. The van der Waals surface area contributed by atoms with Gasteiger partial charge in [0.2, 0.25) is 0 Å². The van der Waals surface area contributed by atoms with Crippen LogP contribution < -0.4 is 5.73 Å². The third kappa shape index (κ3) is 5.56. The van der Waals surface area contributed by atoms with Crippen molar-refractivity contribution in [1.82, 2.24) is 9.55 Å². The maximum atomic E-state index is 10.6. The van der Waals surface area contributed by atoms with Gasteiger partial charge in [0.1, 0.15) is 6.33 Å².